The highest BCUT2D eigenvalue weighted by Crippen LogP contribution is 2.14. The Morgan fingerprint density at radius 3 is 2.05 bits per heavy atom. The zero-order valence-corrected chi connectivity index (χ0v) is 12.1. The van der Waals surface area contributed by atoms with Crippen LogP contribution in [0.25, 0.3) is 0 Å². The molecule has 0 aromatic heterocycles. The molecular formula is C11H15N3O3S2. The van der Waals surface area contributed by atoms with E-state index in [1.54, 1.807) is 0 Å². The highest BCUT2D eigenvalue weighted by molar-refractivity contribution is 7.89. The van der Waals surface area contributed by atoms with Crippen molar-refractivity contribution >= 4 is 33.1 Å². The van der Waals surface area contributed by atoms with Gasteiger partial charge in [0.2, 0.25) is 15.9 Å². The van der Waals surface area contributed by atoms with E-state index in [4.69, 9.17) is 23.7 Å². The molecule has 0 unspecified atom stereocenters. The third-order valence-electron chi connectivity index (χ3n) is 2.45. The number of carbonyl (C=O) groups excluding carboxylic acids is 1. The summed E-state index contributed by atoms with van der Waals surface area (Å²) in [7, 11) is -3.84. The number of benzene rings is 1. The van der Waals surface area contributed by atoms with Crippen LogP contribution in [0.2, 0.25) is 0 Å². The molecule has 0 aliphatic carbocycles. The third-order valence-corrected chi connectivity index (χ3v) is 4.36. The monoisotopic (exact) mass is 301 g/mol. The molecule has 0 radical (unpaired) electrons. The largest absolute Gasteiger partial charge is 0.389 e. The van der Waals surface area contributed by atoms with Crippen LogP contribution in [0.4, 0.5) is 0 Å². The second kappa shape index (κ2) is 5.24. The lowest BCUT2D eigenvalue weighted by atomic mass is 10.1. The van der Waals surface area contributed by atoms with Gasteiger partial charge in [-0.2, -0.15) is 4.72 Å². The van der Waals surface area contributed by atoms with Crippen molar-refractivity contribution in [3.05, 3.63) is 29.8 Å². The second-order valence-electron chi connectivity index (χ2n) is 4.48. The molecule has 0 heterocycles. The van der Waals surface area contributed by atoms with Gasteiger partial charge in [0, 0.05) is 5.56 Å². The number of hydrogen-bond acceptors (Lipinski definition) is 4. The van der Waals surface area contributed by atoms with Gasteiger partial charge in [0.25, 0.3) is 0 Å². The van der Waals surface area contributed by atoms with Crippen LogP contribution in [-0.2, 0) is 14.8 Å². The maximum Gasteiger partial charge on any atom is 0.241 e. The summed E-state index contributed by atoms with van der Waals surface area (Å²) in [6.07, 6.45) is 0. The van der Waals surface area contributed by atoms with Crippen molar-refractivity contribution in [2.24, 2.45) is 11.5 Å². The number of carbonyl (C=O) groups is 1. The summed E-state index contributed by atoms with van der Waals surface area (Å²) in [5, 5.41) is 0. The zero-order chi connectivity index (χ0) is 14.8. The molecule has 8 heteroatoms. The normalized spacial score (nSPS) is 12.1. The lowest BCUT2D eigenvalue weighted by Gasteiger charge is -2.22. The molecule has 1 amide bonds. The lowest BCUT2D eigenvalue weighted by molar-refractivity contribution is -0.122. The van der Waals surface area contributed by atoms with Gasteiger partial charge in [-0.05, 0) is 26.0 Å². The molecule has 0 spiro atoms. The molecule has 5 N–H and O–H groups in total. The van der Waals surface area contributed by atoms with Crippen LogP contribution >= 0.6 is 12.2 Å². The fraction of sp³-hybridized carbons (Fsp3) is 0.273. The predicted octanol–water partition coefficient (Wildman–Crippen LogP) is -0.137. The number of nitrogens with one attached hydrogen (secondary N) is 1. The maximum atomic E-state index is 12.1. The van der Waals surface area contributed by atoms with Crippen molar-refractivity contribution in [3.8, 4) is 0 Å². The van der Waals surface area contributed by atoms with Gasteiger partial charge in [0.05, 0.1) is 4.90 Å². The van der Waals surface area contributed by atoms with E-state index in [0.717, 1.165) is 0 Å². The minimum Gasteiger partial charge on any atom is -0.389 e. The number of thiocarbonyl (C=S) groups is 1. The molecule has 0 bridgehead atoms. The van der Waals surface area contributed by atoms with E-state index < -0.39 is 21.5 Å². The Morgan fingerprint density at radius 2 is 1.68 bits per heavy atom. The average Bonchev–Trinajstić information content (AvgIpc) is 2.27. The minimum absolute atomic E-state index is 0.00169. The van der Waals surface area contributed by atoms with Crippen LogP contribution in [0, 0.1) is 0 Å². The number of nitrogens with two attached hydrogens (primary N) is 2. The summed E-state index contributed by atoms with van der Waals surface area (Å²) in [5.74, 6) is -0.768. The van der Waals surface area contributed by atoms with Crippen LogP contribution in [0.15, 0.2) is 29.2 Å². The number of primary amides is 1. The molecular weight excluding hydrogens is 286 g/mol. The molecule has 104 valence electrons. The number of rotatable bonds is 5. The van der Waals surface area contributed by atoms with Gasteiger partial charge >= 0.3 is 0 Å². The first kappa shape index (κ1) is 15.5. The number of hydrogen-bond donors (Lipinski definition) is 3. The van der Waals surface area contributed by atoms with Crippen molar-refractivity contribution in [2.75, 3.05) is 0 Å². The Morgan fingerprint density at radius 1 is 1.21 bits per heavy atom. The van der Waals surface area contributed by atoms with Crippen LogP contribution < -0.4 is 16.2 Å². The molecule has 1 aromatic rings. The van der Waals surface area contributed by atoms with Gasteiger partial charge in [-0.25, -0.2) is 8.42 Å². The first-order valence-electron chi connectivity index (χ1n) is 5.30. The zero-order valence-electron chi connectivity index (χ0n) is 10.5. The Hall–Kier alpha value is -1.51. The molecule has 0 fully saturated rings. The van der Waals surface area contributed by atoms with Gasteiger partial charge < -0.3 is 11.5 Å². The van der Waals surface area contributed by atoms with E-state index >= 15 is 0 Å². The summed E-state index contributed by atoms with van der Waals surface area (Å²) in [6.45, 7) is 2.77. The Balaban J connectivity index is 3.08. The first-order valence-corrected chi connectivity index (χ1v) is 7.19. The van der Waals surface area contributed by atoms with Crippen molar-refractivity contribution in [1.82, 2.24) is 4.72 Å². The highest BCUT2D eigenvalue weighted by atomic mass is 32.2. The first-order chi connectivity index (χ1) is 8.56. The summed E-state index contributed by atoms with van der Waals surface area (Å²) in [4.78, 5) is 11.3. The number of amides is 1. The molecule has 0 aliphatic heterocycles. The number of sulfonamides is 1. The molecule has 1 aromatic carbocycles. The van der Waals surface area contributed by atoms with Crippen molar-refractivity contribution in [1.29, 1.82) is 0 Å². The van der Waals surface area contributed by atoms with E-state index in [9.17, 15) is 13.2 Å². The highest BCUT2D eigenvalue weighted by Gasteiger charge is 2.31. The van der Waals surface area contributed by atoms with Gasteiger partial charge in [0.1, 0.15) is 10.5 Å². The molecule has 0 atom stereocenters. The van der Waals surface area contributed by atoms with E-state index in [1.165, 1.54) is 38.1 Å². The fourth-order valence-electron chi connectivity index (χ4n) is 1.24. The van der Waals surface area contributed by atoms with Crippen LogP contribution in [0.5, 0.6) is 0 Å². The van der Waals surface area contributed by atoms with E-state index in [0.29, 0.717) is 5.56 Å². The van der Waals surface area contributed by atoms with Crippen LogP contribution in [0.3, 0.4) is 0 Å². The Kier molecular flexibility index (Phi) is 4.28. The Bertz CT molecular complexity index is 607. The smallest absolute Gasteiger partial charge is 0.241 e. The van der Waals surface area contributed by atoms with E-state index in [2.05, 4.69) is 4.72 Å². The minimum atomic E-state index is -3.84. The summed E-state index contributed by atoms with van der Waals surface area (Å²) >= 11 is 4.77. The van der Waals surface area contributed by atoms with E-state index in [-0.39, 0.29) is 9.88 Å². The standard InChI is InChI=1S/C11H15N3O3S2/c1-11(2,10(13)15)14-19(16,17)8-5-3-7(4-6-8)9(12)18/h3-6,14H,1-2H3,(H2,12,18)(H2,13,15). The molecule has 0 saturated carbocycles. The summed E-state index contributed by atoms with van der Waals surface area (Å²) in [6, 6.07) is 5.70. The molecule has 0 aliphatic rings. The molecule has 6 nitrogen and oxygen atoms in total. The molecule has 0 saturated heterocycles. The van der Waals surface area contributed by atoms with Gasteiger partial charge in [0.15, 0.2) is 0 Å². The summed E-state index contributed by atoms with van der Waals surface area (Å²) < 4.78 is 26.3. The summed E-state index contributed by atoms with van der Waals surface area (Å²) in [5.41, 5.74) is 9.72. The SMILES string of the molecule is CC(C)(NS(=O)(=O)c1ccc(C(N)=S)cc1)C(N)=O. The lowest BCUT2D eigenvalue weighted by Crippen LogP contribution is -2.52. The van der Waals surface area contributed by atoms with Gasteiger partial charge in [-0.3, -0.25) is 4.79 Å². The Labute approximate surface area is 117 Å². The van der Waals surface area contributed by atoms with Crippen LogP contribution in [-0.4, -0.2) is 24.9 Å². The average molecular weight is 301 g/mol. The fourth-order valence-corrected chi connectivity index (χ4v) is 2.76. The van der Waals surface area contributed by atoms with Crippen LogP contribution in [0.1, 0.15) is 19.4 Å². The van der Waals surface area contributed by atoms with Gasteiger partial charge in [-0.1, -0.05) is 24.4 Å². The maximum absolute atomic E-state index is 12.1. The topological polar surface area (TPSA) is 115 Å². The predicted molar refractivity (Wildman–Crippen MR) is 75.9 cm³/mol. The molecule has 19 heavy (non-hydrogen) atoms. The van der Waals surface area contributed by atoms with E-state index in [1.807, 2.05) is 0 Å². The van der Waals surface area contributed by atoms with Crippen molar-refractivity contribution in [3.63, 3.8) is 0 Å². The third kappa shape index (κ3) is 3.72. The quantitative estimate of drug-likeness (QED) is 0.655. The molecule has 1 rings (SSSR count). The van der Waals surface area contributed by atoms with Crippen molar-refractivity contribution in [2.45, 2.75) is 24.3 Å². The van der Waals surface area contributed by atoms with Gasteiger partial charge in [-0.15, -0.1) is 0 Å². The second-order valence-corrected chi connectivity index (χ2v) is 6.61. The van der Waals surface area contributed by atoms with Crippen molar-refractivity contribution < 1.29 is 13.2 Å².